The van der Waals surface area contributed by atoms with E-state index in [1.807, 2.05) is 19.9 Å². The Kier molecular flexibility index (Phi) is 3.35. The van der Waals surface area contributed by atoms with Crippen LogP contribution in [0, 0.1) is 18.3 Å². The predicted molar refractivity (Wildman–Crippen MR) is 58.1 cm³/mol. The summed E-state index contributed by atoms with van der Waals surface area (Å²) in [7, 11) is -3.93. The summed E-state index contributed by atoms with van der Waals surface area (Å²) in [5, 5.41) is 17.9. The molecule has 0 fully saturated rings. The molecule has 1 aromatic rings. The largest absolute Gasteiger partial charge is 0.256 e. The smallest absolute Gasteiger partial charge is 0.249 e. The topological polar surface area (TPSA) is 102 Å². The van der Waals surface area contributed by atoms with Gasteiger partial charge >= 0.3 is 0 Å². The maximum absolute atomic E-state index is 11.4. The Morgan fingerprint density at radius 1 is 1.62 bits per heavy atom. The van der Waals surface area contributed by atoms with E-state index in [4.69, 9.17) is 10.4 Å². The average molecular weight is 242 g/mol. The van der Waals surface area contributed by atoms with Crippen LogP contribution < -0.4 is 5.14 Å². The SMILES string of the molecule is CCC(C)n1nc(C)c(C#N)c1S(N)(=O)=O. The van der Waals surface area contributed by atoms with Crippen molar-refractivity contribution in [3.05, 3.63) is 11.3 Å². The van der Waals surface area contributed by atoms with E-state index in [1.54, 1.807) is 6.92 Å². The summed E-state index contributed by atoms with van der Waals surface area (Å²) >= 11 is 0. The van der Waals surface area contributed by atoms with E-state index in [2.05, 4.69) is 5.10 Å². The molecule has 0 aliphatic heterocycles. The minimum Gasteiger partial charge on any atom is -0.249 e. The van der Waals surface area contributed by atoms with Crippen molar-refractivity contribution in [2.75, 3.05) is 0 Å². The van der Waals surface area contributed by atoms with E-state index in [1.165, 1.54) is 4.68 Å². The molecule has 1 aromatic heterocycles. The lowest BCUT2D eigenvalue weighted by Crippen LogP contribution is -2.21. The zero-order valence-electron chi connectivity index (χ0n) is 9.43. The van der Waals surface area contributed by atoms with Gasteiger partial charge in [-0.2, -0.15) is 10.4 Å². The van der Waals surface area contributed by atoms with Crippen molar-refractivity contribution in [3.8, 4) is 6.07 Å². The van der Waals surface area contributed by atoms with Crippen LogP contribution in [-0.2, 0) is 10.0 Å². The molecule has 0 amide bonds. The van der Waals surface area contributed by atoms with Crippen molar-refractivity contribution in [2.24, 2.45) is 5.14 Å². The van der Waals surface area contributed by atoms with Crippen molar-refractivity contribution >= 4 is 10.0 Å². The summed E-state index contributed by atoms with van der Waals surface area (Å²) in [6.45, 7) is 5.31. The van der Waals surface area contributed by atoms with Crippen LogP contribution in [0.25, 0.3) is 0 Å². The number of nitrogens with two attached hydrogens (primary N) is 1. The van der Waals surface area contributed by atoms with Gasteiger partial charge in [-0.1, -0.05) is 6.92 Å². The molecule has 0 radical (unpaired) electrons. The summed E-state index contributed by atoms with van der Waals surface area (Å²) in [6.07, 6.45) is 0.703. The maximum Gasteiger partial charge on any atom is 0.256 e. The second kappa shape index (κ2) is 4.23. The quantitative estimate of drug-likeness (QED) is 0.841. The molecule has 1 unspecified atom stereocenters. The van der Waals surface area contributed by atoms with Gasteiger partial charge in [-0.25, -0.2) is 18.2 Å². The van der Waals surface area contributed by atoms with Crippen LogP contribution in [-0.4, -0.2) is 18.2 Å². The lowest BCUT2D eigenvalue weighted by molar-refractivity contribution is 0.435. The Bertz CT molecular complexity index is 539. The van der Waals surface area contributed by atoms with Crippen molar-refractivity contribution in [2.45, 2.75) is 38.3 Å². The lowest BCUT2D eigenvalue weighted by atomic mass is 10.2. The Hall–Kier alpha value is -1.39. The van der Waals surface area contributed by atoms with Gasteiger partial charge in [0.1, 0.15) is 11.6 Å². The third-order valence-electron chi connectivity index (χ3n) is 2.43. The second-order valence-corrected chi connectivity index (χ2v) is 5.10. The fourth-order valence-corrected chi connectivity index (χ4v) is 2.36. The molecule has 0 aliphatic rings. The monoisotopic (exact) mass is 242 g/mol. The molecule has 7 heteroatoms. The summed E-state index contributed by atoms with van der Waals surface area (Å²) in [5.41, 5.74) is 0.412. The molecule has 0 aliphatic carbocycles. The molecule has 0 saturated heterocycles. The molecule has 1 atom stereocenters. The molecular formula is C9H14N4O2S. The van der Waals surface area contributed by atoms with E-state index in [-0.39, 0.29) is 16.6 Å². The summed E-state index contributed by atoms with van der Waals surface area (Å²) in [4.78, 5) is 0. The number of rotatable bonds is 3. The van der Waals surface area contributed by atoms with Crippen LogP contribution >= 0.6 is 0 Å². The van der Waals surface area contributed by atoms with Crippen molar-refractivity contribution in [3.63, 3.8) is 0 Å². The Morgan fingerprint density at radius 2 is 2.19 bits per heavy atom. The molecule has 0 saturated carbocycles. The molecule has 0 bridgehead atoms. The first-order chi connectivity index (χ1) is 7.32. The number of nitriles is 1. The normalized spacial score (nSPS) is 13.4. The van der Waals surface area contributed by atoms with E-state index in [9.17, 15) is 8.42 Å². The highest BCUT2D eigenvalue weighted by Gasteiger charge is 2.26. The van der Waals surface area contributed by atoms with Crippen LogP contribution in [0.15, 0.2) is 5.03 Å². The van der Waals surface area contributed by atoms with Crippen LogP contribution in [0.3, 0.4) is 0 Å². The number of aryl methyl sites for hydroxylation is 1. The van der Waals surface area contributed by atoms with Gasteiger partial charge in [0.05, 0.1) is 11.7 Å². The van der Waals surface area contributed by atoms with Gasteiger partial charge in [0.2, 0.25) is 0 Å². The molecule has 6 nitrogen and oxygen atoms in total. The summed E-state index contributed by atoms with van der Waals surface area (Å²) in [6, 6.07) is 1.71. The number of primary sulfonamides is 1. The third-order valence-corrected chi connectivity index (χ3v) is 3.36. The van der Waals surface area contributed by atoms with Gasteiger partial charge in [0.15, 0.2) is 5.03 Å². The summed E-state index contributed by atoms with van der Waals surface area (Å²) in [5.74, 6) is 0. The molecule has 1 heterocycles. The minimum atomic E-state index is -3.93. The van der Waals surface area contributed by atoms with Gasteiger partial charge in [0.25, 0.3) is 10.0 Å². The fraction of sp³-hybridized carbons (Fsp3) is 0.556. The van der Waals surface area contributed by atoms with Crippen LogP contribution in [0.1, 0.15) is 37.6 Å². The zero-order chi connectivity index (χ0) is 12.5. The third kappa shape index (κ3) is 2.08. The molecule has 0 aromatic carbocycles. The number of aromatic nitrogens is 2. The molecule has 88 valence electrons. The zero-order valence-corrected chi connectivity index (χ0v) is 10.2. The first-order valence-electron chi connectivity index (χ1n) is 4.84. The van der Waals surface area contributed by atoms with Gasteiger partial charge in [-0.15, -0.1) is 0 Å². The number of hydrogen-bond acceptors (Lipinski definition) is 4. The first kappa shape index (κ1) is 12.7. The maximum atomic E-state index is 11.4. The number of nitrogens with zero attached hydrogens (tertiary/aromatic N) is 3. The van der Waals surface area contributed by atoms with Crippen LogP contribution in [0.4, 0.5) is 0 Å². The number of hydrogen-bond donors (Lipinski definition) is 1. The highest BCUT2D eigenvalue weighted by molar-refractivity contribution is 7.89. The molecule has 0 spiro atoms. The minimum absolute atomic E-state index is 0.0304. The molecule has 2 N–H and O–H groups in total. The van der Waals surface area contributed by atoms with E-state index in [0.29, 0.717) is 12.1 Å². The van der Waals surface area contributed by atoms with E-state index in [0.717, 1.165) is 0 Å². The Morgan fingerprint density at radius 3 is 2.56 bits per heavy atom. The van der Waals surface area contributed by atoms with Gasteiger partial charge in [0, 0.05) is 0 Å². The molecule has 1 rings (SSSR count). The fourth-order valence-electron chi connectivity index (χ4n) is 1.40. The Labute approximate surface area is 94.7 Å². The second-order valence-electron chi connectivity index (χ2n) is 3.62. The van der Waals surface area contributed by atoms with Gasteiger partial charge < -0.3 is 0 Å². The predicted octanol–water partition coefficient (Wildman–Crippen LogP) is 0.682. The first-order valence-corrected chi connectivity index (χ1v) is 6.39. The van der Waals surface area contributed by atoms with Crippen LogP contribution in [0.5, 0.6) is 0 Å². The Balaban J connectivity index is 3.60. The average Bonchev–Trinajstić information content (AvgIpc) is 2.53. The van der Waals surface area contributed by atoms with Gasteiger partial charge in [-0.05, 0) is 20.3 Å². The van der Waals surface area contributed by atoms with Crippen molar-refractivity contribution in [1.29, 1.82) is 5.26 Å². The van der Waals surface area contributed by atoms with Crippen LogP contribution in [0.2, 0.25) is 0 Å². The standard InChI is InChI=1S/C9H14N4O2S/c1-4-6(2)13-9(16(11,14)15)8(5-10)7(3)12-13/h6H,4H2,1-3H3,(H2,11,14,15). The highest BCUT2D eigenvalue weighted by Crippen LogP contribution is 2.22. The van der Waals surface area contributed by atoms with Crippen molar-refractivity contribution in [1.82, 2.24) is 9.78 Å². The molecule has 16 heavy (non-hydrogen) atoms. The highest BCUT2D eigenvalue weighted by atomic mass is 32.2. The van der Waals surface area contributed by atoms with Gasteiger partial charge in [-0.3, -0.25) is 0 Å². The molecular weight excluding hydrogens is 228 g/mol. The van der Waals surface area contributed by atoms with Crippen molar-refractivity contribution < 1.29 is 8.42 Å². The van der Waals surface area contributed by atoms with E-state index < -0.39 is 10.0 Å². The van der Waals surface area contributed by atoms with E-state index >= 15 is 0 Å². The number of sulfonamides is 1. The lowest BCUT2D eigenvalue weighted by Gasteiger charge is -2.12. The summed E-state index contributed by atoms with van der Waals surface area (Å²) < 4.78 is 24.2.